The molecule has 0 atom stereocenters. The van der Waals surface area contributed by atoms with E-state index in [1.807, 2.05) is 48.2 Å². The monoisotopic (exact) mass is 284 g/mol. The number of Topliss-reactive ketones (excluding diaryl/α,β-unsaturated/α-hetero) is 1. The lowest BCUT2D eigenvalue weighted by atomic mass is 10.2. The minimum absolute atomic E-state index is 0.0401. The lowest BCUT2D eigenvalue weighted by Gasteiger charge is -2.23. The summed E-state index contributed by atoms with van der Waals surface area (Å²) in [6.45, 7) is 3.12. The molecule has 0 amide bonds. The number of ketones is 1. The molecule has 0 fully saturated rings. The molecule has 110 valence electrons. The van der Waals surface area contributed by atoms with E-state index >= 15 is 0 Å². The second-order valence-electron chi connectivity index (χ2n) is 4.81. The summed E-state index contributed by atoms with van der Waals surface area (Å²) in [7, 11) is 0. The summed E-state index contributed by atoms with van der Waals surface area (Å²) in [5.74, 6) is 0.0401. The minimum Gasteiger partial charge on any atom is -0.395 e. The number of hydrogen-bond donors (Lipinski definition) is 1. The molecule has 2 rings (SSSR count). The predicted octanol–water partition coefficient (Wildman–Crippen LogP) is 2.67. The van der Waals surface area contributed by atoms with Crippen molar-refractivity contribution in [3.05, 3.63) is 59.9 Å². The molecule has 0 aliphatic carbocycles. The maximum absolute atomic E-state index is 11.6. The van der Waals surface area contributed by atoms with Crippen molar-refractivity contribution in [1.29, 1.82) is 0 Å². The van der Waals surface area contributed by atoms with Crippen LogP contribution in [0.5, 0.6) is 0 Å². The van der Waals surface area contributed by atoms with Gasteiger partial charge in [-0.05, 0) is 17.7 Å². The first kappa shape index (κ1) is 15.2. The topological polar surface area (TPSA) is 53.4 Å². The summed E-state index contributed by atoms with van der Waals surface area (Å²) >= 11 is 0. The molecule has 1 aromatic carbocycles. The number of aromatic nitrogens is 1. The van der Waals surface area contributed by atoms with Crippen LogP contribution in [-0.4, -0.2) is 29.0 Å². The van der Waals surface area contributed by atoms with E-state index in [1.165, 1.54) is 5.56 Å². The van der Waals surface area contributed by atoms with E-state index < -0.39 is 0 Å². The SMILES string of the molecule is CCC(=O)c1ccc(N(CCO)Cc2ccccc2)cn1. The zero-order valence-corrected chi connectivity index (χ0v) is 12.2. The maximum Gasteiger partial charge on any atom is 0.180 e. The summed E-state index contributed by atoms with van der Waals surface area (Å²) < 4.78 is 0. The number of benzene rings is 1. The van der Waals surface area contributed by atoms with E-state index in [2.05, 4.69) is 4.98 Å². The van der Waals surface area contributed by atoms with Crippen molar-refractivity contribution >= 4 is 11.5 Å². The van der Waals surface area contributed by atoms with Gasteiger partial charge in [-0.1, -0.05) is 37.3 Å². The first-order valence-electron chi connectivity index (χ1n) is 7.13. The van der Waals surface area contributed by atoms with Crippen LogP contribution in [0.15, 0.2) is 48.7 Å². The quantitative estimate of drug-likeness (QED) is 0.794. The minimum atomic E-state index is 0.0401. The number of hydrogen-bond acceptors (Lipinski definition) is 4. The molecule has 21 heavy (non-hydrogen) atoms. The number of aliphatic hydroxyl groups is 1. The van der Waals surface area contributed by atoms with Crippen molar-refractivity contribution in [2.24, 2.45) is 0 Å². The Labute approximate surface area is 125 Å². The second kappa shape index (κ2) is 7.55. The standard InChI is InChI=1S/C17H20N2O2/c1-2-17(21)16-9-8-15(12-18-16)19(10-11-20)13-14-6-4-3-5-7-14/h3-9,12,20H,2,10-11,13H2,1H3. The van der Waals surface area contributed by atoms with Crippen molar-refractivity contribution in [3.8, 4) is 0 Å². The van der Waals surface area contributed by atoms with Crippen molar-refractivity contribution in [3.63, 3.8) is 0 Å². The number of aliphatic hydroxyl groups excluding tert-OH is 1. The molecular weight excluding hydrogens is 264 g/mol. The Kier molecular flexibility index (Phi) is 5.46. The molecule has 0 unspecified atom stereocenters. The van der Waals surface area contributed by atoms with E-state index in [9.17, 15) is 9.90 Å². The average molecular weight is 284 g/mol. The van der Waals surface area contributed by atoms with E-state index in [0.29, 0.717) is 25.2 Å². The van der Waals surface area contributed by atoms with Crippen LogP contribution in [0.4, 0.5) is 5.69 Å². The van der Waals surface area contributed by atoms with Crippen LogP contribution in [0.3, 0.4) is 0 Å². The second-order valence-corrected chi connectivity index (χ2v) is 4.81. The van der Waals surface area contributed by atoms with Crippen LogP contribution in [0.25, 0.3) is 0 Å². The van der Waals surface area contributed by atoms with Crippen molar-refractivity contribution in [1.82, 2.24) is 4.98 Å². The number of pyridine rings is 1. The molecule has 0 saturated carbocycles. The summed E-state index contributed by atoms with van der Waals surface area (Å²) in [5, 5.41) is 9.24. The first-order valence-corrected chi connectivity index (χ1v) is 7.13. The fourth-order valence-corrected chi connectivity index (χ4v) is 2.14. The molecule has 0 spiro atoms. The van der Waals surface area contributed by atoms with E-state index in [0.717, 1.165) is 5.69 Å². The normalized spacial score (nSPS) is 10.4. The van der Waals surface area contributed by atoms with Gasteiger partial charge in [0.2, 0.25) is 0 Å². The van der Waals surface area contributed by atoms with Gasteiger partial charge in [0.25, 0.3) is 0 Å². The Morgan fingerprint density at radius 3 is 2.52 bits per heavy atom. The van der Waals surface area contributed by atoms with Gasteiger partial charge in [0.1, 0.15) is 5.69 Å². The summed E-state index contributed by atoms with van der Waals surface area (Å²) in [4.78, 5) is 17.9. The summed E-state index contributed by atoms with van der Waals surface area (Å²) in [6, 6.07) is 13.7. The highest BCUT2D eigenvalue weighted by Gasteiger charge is 2.09. The molecular formula is C17H20N2O2. The van der Waals surface area contributed by atoms with Crippen LogP contribution in [0, 0.1) is 0 Å². The lowest BCUT2D eigenvalue weighted by Crippen LogP contribution is -2.26. The molecule has 1 N–H and O–H groups in total. The molecule has 4 heteroatoms. The maximum atomic E-state index is 11.6. The highest BCUT2D eigenvalue weighted by Crippen LogP contribution is 2.16. The molecule has 4 nitrogen and oxygen atoms in total. The van der Waals surface area contributed by atoms with Crippen LogP contribution >= 0.6 is 0 Å². The van der Waals surface area contributed by atoms with Crippen LogP contribution in [0.1, 0.15) is 29.4 Å². The Morgan fingerprint density at radius 1 is 1.19 bits per heavy atom. The molecule has 0 aliphatic rings. The van der Waals surface area contributed by atoms with Gasteiger partial charge in [-0.15, -0.1) is 0 Å². The zero-order chi connectivity index (χ0) is 15.1. The van der Waals surface area contributed by atoms with Gasteiger partial charge in [-0.2, -0.15) is 0 Å². The van der Waals surface area contributed by atoms with Gasteiger partial charge < -0.3 is 10.0 Å². The highest BCUT2D eigenvalue weighted by atomic mass is 16.3. The van der Waals surface area contributed by atoms with Gasteiger partial charge in [0.05, 0.1) is 18.5 Å². The van der Waals surface area contributed by atoms with E-state index in [4.69, 9.17) is 0 Å². The fourth-order valence-electron chi connectivity index (χ4n) is 2.14. The third-order valence-corrected chi connectivity index (χ3v) is 3.31. The van der Waals surface area contributed by atoms with E-state index in [1.54, 1.807) is 12.3 Å². The van der Waals surface area contributed by atoms with Crippen molar-refractivity contribution in [2.75, 3.05) is 18.1 Å². The molecule has 0 aliphatic heterocycles. The van der Waals surface area contributed by atoms with E-state index in [-0.39, 0.29) is 12.4 Å². The zero-order valence-electron chi connectivity index (χ0n) is 12.2. The molecule has 0 radical (unpaired) electrons. The Morgan fingerprint density at radius 2 is 1.95 bits per heavy atom. The predicted molar refractivity (Wildman–Crippen MR) is 83.4 cm³/mol. The first-order chi connectivity index (χ1) is 10.2. The van der Waals surface area contributed by atoms with Crippen LogP contribution in [0.2, 0.25) is 0 Å². The molecule has 0 bridgehead atoms. The van der Waals surface area contributed by atoms with Gasteiger partial charge in [0.15, 0.2) is 5.78 Å². The fraction of sp³-hybridized carbons (Fsp3) is 0.294. The average Bonchev–Trinajstić information content (AvgIpc) is 2.55. The number of nitrogens with zero attached hydrogens (tertiary/aromatic N) is 2. The number of anilines is 1. The smallest absolute Gasteiger partial charge is 0.180 e. The van der Waals surface area contributed by atoms with Crippen LogP contribution in [-0.2, 0) is 6.54 Å². The highest BCUT2D eigenvalue weighted by molar-refractivity contribution is 5.94. The van der Waals surface area contributed by atoms with Gasteiger partial charge in [-0.3, -0.25) is 9.78 Å². The lowest BCUT2D eigenvalue weighted by molar-refractivity contribution is 0.0983. The molecule has 1 aromatic heterocycles. The number of carbonyl (C=O) groups is 1. The Hall–Kier alpha value is -2.20. The van der Waals surface area contributed by atoms with Crippen molar-refractivity contribution in [2.45, 2.75) is 19.9 Å². The van der Waals surface area contributed by atoms with Gasteiger partial charge >= 0.3 is 0 Å². The molecule has 0 saturated heterocycles. The summed E-state index contributed by atoms with van der Waals surface area (Å²) in [6.07, 6.45) is 2.15. The van der Waals surface area contributed by atoms with Gasteiger partial charge in [0, 0.05) is 19.5 Å². The largest absolute Gasteiger partial charge is 0.395 e. The Balaban J connectivity index is 2.16. The molecule has 2 aromatic rings. The third-order valence-electron chi connectivity index (χ3n) is 3.31. The Bertz CT molecular complexity index is 567. The third kappa shape index (κ3) is 4.13. The number of rotatable bonds is 7. The van der Waals surface area contributed by atoms with Gasteiger partial charge in [-0.25, -0.2) is 0 Å². The summed E-state index contributed by atoms with van der Waals surface area (Å²) in [5.41, 5.74) is 2.56. The van der Waals surface area contributed by atoms with Crippen LogP contribution < -0.4 is 4.90 Å². The number of carbonyl (C=O) groups excluding carboxylic acids is 1. The molecule has 1 heterocycles. The van der Waals surface area contributed by atoms with Crippen molar-refractivity contribution < 1.29 is 9.90 Å².